The Morgan fingerprint density at radius 2 is 0.945 bits per heavy atom. The molecule has 3 amide bonds. The Balaban J connectivity index is 1.45. The van der Waals surface area contributed by atoms with Gasteiger partial charge in [-0.25, -0.2) is 9.59 Å². The molecule has 0 radical (unpaired) electrons. The van der Waals surface area contributed by atoms with Crippen LogP contribution in [0, 0.1) is 0 Å². The minimum absolute atomic E-state index is 0.0897. The molecule has 0 aromatic rings. The number of carbonyl (C=O) groups excluding carboxylic acids is 3. The highest BCUT2D eigenvalue weighted by Crippen LogP contribution is 2.40. The third kappa shape index (κ3) is 31.4. The van der Waals surface area contributed by atoms with Gasteiger partial charge >= 0.3 is 11.9 Å². The van der Waals surface area contributed by atoms with Gasteiger partial charge in [0.25, 0.3) is 11.6 Å². The lowest BCUT2D eigenvalue weighted by molar-refractivity contribution is -0.386. The Kier molecular flexibility index (Phi) is 47.4. The number of hydrogen-bond acceptors (Lipinski definition) is 30. The summed E-state index contributed by atoms with van der Waals surface area (Å²) in [6.07, 6.45) is -11.3. The van der Waals surface area contributed by atoms with Gasteiger partial charge in [0.15, 0.2) is 12.6 Å². The van der Waals surface area contributed by atoms with Crippen molar-refractivity contribution >= 4 is 29.7 Å². The van der Waals surface area contributed by atoms with Crippen LogP contribution < -0.4 is 16.0 Å². The van der Waals surface area contributed by atoms with Crippen molar-refractivity contribution in [3.63, 3.8) is 0 Å². The summed E-state index contributed by atoms with van der Waals surface area (Å²) in [5.41, 5.74) is 0. The summed E-state index contributed by atoms with van der Waals surface area (Å²) in [6, 6.07) is -5.10. The van der Waals surface area contributed by atoms with Crippen LogP contribution in [0.4, 0.5) is 0 Å². The largest absolute Gasteiger partial charge is 0.477 e. The molecule has 644 valence electrons. The zero-order valence-corrected chi connectivity index (χ0v) is 64.9. The Morgan fingerprint density at radius 1 is 0.500 bits per heavy atom. The topological polar surface area (TPSA) is 569 Å². The van der Waals surface area contributed by atoms with E-state index in [4.69, 9.17) is 42.6 Å². The van der Waals surface area contributed by atoms with E-state index in [1.807, 2.05) is 0 Å². The van der Waals surface area contributed by atoms with Gasteiger partial charge in [-0.05, 0) is 12.8 Å². The number of aliphatic hydroxyl groups is 16. The Morgan fingerprint density at radius 3 is 1.40 bits per heavy atom. The number of aliphatic hydroxyl groups excluding tert-OH is 16. The fourth-order valence-corrected chi connectivity index (χ4v) is 14.7. The smallest absolute Gasteiger partial charge is 0.364 e. The van der Waals surface area contributed by atoms with Gasteiger partial charge in [-0.2, -0.15) is 0 Å². The molecule has 0 spiro atoms. The van der Waals surface area contributed by atoms with Crippen LogP contribution in [-0.2, 0) is 66.6 Å². The van der Waals surface area contributed by atoms with E-state index in [9.17, 15) is 116 Å². The van der Waals surface area contributed by atoms with Crippen molar-refractivity contribution in [2.45, 2.75) is 397 Å². The number of ether oxygens (including phenoxy) is 9. The summed E-state index contributed by atoms with van der Waals surface area (Å²) in [6.45, 7) is -1.05. The minimum Gasteiger partial charge on any atom is -0.477 e. The van der Waals surface area contributed by atoms with Crippen molar-refractivity contribution in [2.75, 3.05) is 46.8 Å². The lowest BCUT2D eigenvalue weighted by atomic mass is 9.88. The normalized spacial score (nSPS) is 30.8. The van der Waals surface area contributed by atoms with E-state index < -0.39 is 240 Å². The molecule has 4 rings (SSSR count). The third-order valence-electron chi connectivity index (χ3n) is 21.4. The van der Waals surface area contributed by atoms with Crippen molar-refractivity contribution in [3.8, 4) is 0 Å². The van der Waals surface area contributed by atoms with Crippen LogP contribution >= 0.6 is 0 Å². The van der Waals surface area contributed by atoms with E-state index in [0.29, 0.717) is 12.8 Å². The number of nitrogens with one attached hydrogen (secondary N) is 3. The number of amides is 3. The van der Waals surface area contributed by atoms with E-state index in [1.54, 1.807) is 0 Å². The molecule has 4 aliphatic rings. The summed E-state index contributed by atoms with van der Waals surface area (Å²) in [4.78, 5) is 65.9. The first kappa shape index (κ1) is 98.7. The first-order valence-electron chi connectivity index (χ1n) is 40.3. The molecule has 26 atom stereocenters. The number of carbonyl (C=O) groups is 5. The number of methoxy groups -OCH3 is 1. The zero-order chi connectivity index (χ0) is 81.5. The molecule has 35 nitrogen and oxygen atoms in total. The van der Waals surface area contributed by atoms with Crippen LogP contribution in [0.15, 0.2) is 0 Å². The molecule has 0 saturated carbocycles. The minimum atomic E-state index is -3.39. The summed E-state index contributed by atoms with van der Waals surface area (Å²) < 4.78 is 50.9. The van der Waals surface area contributed by atoms with E-state index in [-0.39, 0.29) is 12.8 Å². The van der Waals surface area contributed by atoms with Crippen molar-refractivity contribution in [2.24, 2.45) is 0 Å². The van der Waals surface area contributed by atoms with Crippen LogP contribution in [-0.4, -0.2) is 327 Å². The summed E-state index contributed by atoms with van der Waals surface area (Å²) in [5, 5.41) is 206. The second kappa shape index (κ2) is 52.8. The molecule has 4 heterocycles. The Labute approximate surface area is 645 Å². The van der Waals surface area contributed by atoms with Crippen LogP contribution in [0.1, 0.15) is 239 Å². The lowest BCUT2D eigenvalue weighted by Crippen LogP contribution is -2.71. The molecule has 4 aliphatic heterocycles. The number of carboxylic acids is 2. The van der Waals surface area contributed by atoms with Crippen LogP contribution in [0.5, 0.6) is 0 Å². The van der Waals surface area contributed by atoms with Gasteiger partial charge in [0, 0.05) is 26.9 Å². The molecule has 110 heavy (non-hydrogen) atoms. The summed E-state index contributed by atoms with van der Waals surface area (Å²) in [7, 11) is 1.06. The van der Waals surface area contributed by atoms with Crippen LogP contribution in [0.3, 0.4) is 0 Å². The van der Waals surface area contributed by atoms with Gasteiger partial charge in [-0.15, -0.1) is 0 Å². The highest BCUT2D eigenvalue weighted by atomic mass is 16.8. The SMILES string of the molecule is CCCCCCCCCCCCCCCCCCCC[C@@H](O)C(=O)N[C@@H](CO[C@@H]1O[C@H](CO)[C@@H](O[C@@H]2O[C@H](CO)[C@H](O)[C@H](O[C@]3(C(=O)O)C[C@H](O)[C@@H](NC(=O)CO[C@]4(C(=O)O)C[C@H](O)[C@@H](NC(C)=O)[C@H]([C@H](O)[C@@H](CO)OC)O4)[C@H]([C@H](O)[C@H](O)CO)O3)[C@H]2O)[C@H](O)[C@H]1O)[C@H](O)[C@H](O)CCCCCCCCCCCCCC. The molecule has 0 aromatic heterocycles. The molecule has 0 unspecified atom stereocenters. The van der Waals surface area contributed by atoms with Crippen molar-refractivity contribution in [1.82, 2.24) is 16.0 Å². The lowest BCUT2D eigenvalue weighted by Gasteiger charge is -2.50. The maximum atomic E-state index is 13.8. The number of rotatable bonds is 59. The highest BCUT2D eigenvalue weighted by Gasteiger charge is 2.61. The highest BCUT2D eigenvalue weighted by molar-refractivity contribution is 5.81. The van der Waals surface area contributed by atoms with Gasteiger partial charge in [-0.3, -0.25) is 14.4 Å². The maximum absolute atomic E-state index is 13.8. The van der Waals surface area contributed by atoms with Gasteiger partial charge in [-0.1, -0.05) is 206 Å². The predicted octanol–water partition coefficient (Wildman–Crippen LogP) is -0.308. The standard InChI is InChI=1S/C75H137N3O32/c1-5-7-9-11-13-15-17-19-20-21-22-23-24-26-28-30-32-34-36-48(85)69(97)77-46(58(90)47(84)35-33-31-29-27-25-18-16-14-12-10-8-6-2)43-103-70-63(95)62(94)65(54(42-82)106-70)107-71-64(96)68(61(93)53(41-81)105-71)110-75(73(100)101)38-50(87)57(66(109-75)59(91)51(88)39-79)78-55(89)44-104-74(72(98)99)37-49(86)56(76-45(3)83)67(108-74)60(92)52(40-80)102-4/h46-54,56-68,70-71,79-82,84-88,90-96H,5-44H2,1-4H3,(H,76,83)(H,77,97)(H,78,89)(H,98,99)(H,100,101)/t46-,47+,48+,49-,50-,51+,52+,53+,54+,56+,57+,58-,59+,60+,61-,62+,63+,64+,65+,66+,67+,68-,70+,71-,74+,75-/m0/s1. The monoisotopic (exact) mass is 1590 g/mol. The number of hydrogen-bond donors (Lipinski definition) is 21. The first-order chi connectivity index (χ1) is 52.6. The molecule has 35 heteroatoms. The number of aliphatic carboxylic acids is 2. The van der Waals surface area contributed by atoms with Gasteiger partial charge in [0.2, 0.25) is 17.7 Å². The molecule has 4 fully saturated rings. The van der Waals surface area contributed by atoms with Gasteiger partial charge in [0.05, 0.1) is 69.5 Å². The molecule has 0 aliphatic carbocycles. The average molecular weight is 1590 g/mol. The Bertz CT molecular complexity index is 2540. The van der Waals surface area contributed by atoms with E-state index in [1.165, 1.54) is 116 Å². The zero-order valence-electron chi connectivity index (χ0n) is 64.9. The van der Waals surface area contributed by atoms with E-state index in [0.717, 1.165) is 78.2 Å². The summed E-state index contributed by atoms with van der Waals surface area (Å²) in [5.74, 6) is -13.7. The molecular weight excluding hydrogens is 1450 g/mol. The van der Waals surface area contributed by atoms with Crippen LogP contribution in [0.25, 0.3) is 0 Å². The molecular formula is C75H137N3O32. The number of carboxylic acid groups (broad SMARTS) is 2. The van der Waals surface area contributed by atoms with Crippen molar-refractivity contribution in [3.05, 3.63) is 0 Å². The second-order valence-corrected chi connectivity index (χ2v) is 30.2. The quantitative estimate of drug-likeness (QED) is 0.0347. The van der Waals surface area contributed by atoms with E-state index >= 15 is 0 Å². The fourth-order valence-electron chi connectivity index (χ4n) is 14.7. The fraction of sp³-hybridized carbons (Fsp3) is 0.933. The predicted molar refractivity (Wildman–Crippen MR) is 390 cm³/mol. The second-order valence-electron chi connectivity index (χ2n) is 30.2. The van der Waals surface area contributed by atoms with Crippen LogP contribution in [0.2, 0.25) is 0 Å². The van der Waals surface area contributed by atoms with Gasteiger partial charge < -0.3 is 150 Å². The van der Waals surface area contributed by atoms with Crippen molar-refractivity contribution in [1.29, 1.82) is 0 Å². The van der Waals surface area contributed by atoms with E-state index in [2.05, 4.69) is 29.8 Å². The first-order valence-corrected chi connectivity index (χ1v) is 40.3. The van der Waals surface area contributed by atoms with Gasteiger partial charge in [0.1, 0.15) is 104 Å². The number of unbranched alkanes of at least 4 members (excludes halogenated alkanes) is 28. The molecule has 0 aromatic carbocycles. The Hall–Kier alpha value is -3.65. The molecule has 21 N–H and O–H groups in total. The summed E-state index contributed by atoms with van der Waals surface area (Å²) >= 11 is 0. The maximum Gasteiger partial charge on any atom is 0.364 e. The average Bonchev–Trinajstić information content (AvgIpc) is 0.417. The molecule has 4 saturated heterocycles. The van der Waals surface area contributed by atoms with Crippen molar-refractivity contribution < 1.29 is 159 Å². The molecule has 0 bridgehead atoms. The third-order valence-corrected chi connectivity index (χ3v) is 21.4.